The van der Waals surface area contributed by atoms with Gasteiger partial charge in [0.15, 0.2) is 9.84 Å². The minimum Gasteiger partial charge on any atom is -0.534 e. The molecule has 3 N–H and O–H groups in total. The summed E-state index contributed by atoms with van der Waals surface area (Å²) in [6, 6.07) is 35.7. The molecule has 1 atom stereocenters. The van der Waals surface area contributed by atoms with Crippen molar-refractivity contribution in [3.8, 4) is 11.5 Å². The van der Waals surface area contributed by atoms with Gasteiger partial charge in [0.2, 0.25) is 0 Å². The van der Waals surface area contributed by atoms with Gasteiger partial charge in [0, 0.05) is 26.2 Å². The van der Waals surface area contributed by atoms with Crippen LogP contribution in [0, 0.1) is 0 Å². The molecule has 11 heteroatoms. The van der Waals surface area contributed by atoms with Gasteiger partial charge < -0.3 is 29.8 Å². The largest absolute Gasteiger partial charge is 0.534 e. The molecule has 1 fully saturated rings. The highest BCUT2D eigenvalue weighted by Gasteiger charge is 2.52. The quantitative estimate of drug-likeness (QED) is 0.0589. The van der Waals surface area contributed by atoms with Gasteiger partial charge in [-0.1, -0.05) is 133 Å². The molecule has 0 aromatic heterocycles. The van der Waals surface area contributed by atoms with Crippen LogP contribution in [0.5, 0.6) is 11.5 Å². The zero-order chi connectivity index (χ0) is 41.4. The number of unbranched alkanes of at least 4 members (excludes halogenated alkanes) is 5. The van der Waals surface area contributed by atoms with Gasteiger partial charge in [0.05, 0.1) is 10.1 Å². The lowest BCUT2D eigenvalue weighted by Crippen LogP contribution is -2.68. The van der Waals surface area contributed by atoms with Crippen LogP contribution in [0.2, 0.25) is 5.04 Å². The van der Waals surface area contributed by atoms with E-state index in [-0.39, 0.29) is 17.7 Å². The van der Waals surface area contributed by atoms with Crippen molar-refractivity contribution in [2.75, 3.05) is 39.3 Å². The van der Waals surface area contributed by atoms with Crippen molar-refractivity contribution in [3.63, 3.8) is 0 Å². The third-order valence-corrected chi connectivity index (χ3v) is 18.4. The van der Waals surface area contributed by atoms with Crippen LogP contribution < -0.4 is 30.2 Å². The van der Waals surface area contributed by atoms with Gasteiger partial charge in [-0.3, -0.25) is 0 Å². The number of hydrogen-bond acceptors (Lipinski definition) is 7. The van der Waals surface area contributed by atoms with Gasteiger partial charge in [-0.25, -0.2) is 13.2 Å². The predicted octanol–water partition coefficient (Wildman–Crippen LogP) is 7.51. The maximum absolute atomic E-state index is 13.4. The number of carbonyl (C=O) groups excluding carboxylic acids is 1. The topological polar surface area (TPSA) is 117 Å². The van der Waals surface area contributed by atoms with Crippen LogP contribution in [0.15, 0.2) is 114 Å². The van der Waals surface area contributed by atoms with Gasteiger partial charge in [-0.15, -0.1) is 0 Å². The molecule has 0 spiro atoms. The van der Waals surface area contributed by atoms with Gasteiger partial charge in [-0.2, -0.15) is 0 Å². The van der Waals surface area contributed by atoms with E-state index in [0.29, 0.717) is 62.6 Å². The first-order valence-corrected chi connectivity index (χ1v) is 24.7. The molecular weight excluding hydrogens is 763 g/mol. The molecular formula is C47H65N3O6SSi. The van der Waals surface area contributed by atoms with Gasteiger partial charge in [-0.05, 0) is 89.6 Å². The average Bonchev–Trinajstić information content (AvgIpc) is 3.24. The van der Waals surface area contributed by atoms with Crippen LogP contribution in [0.3, 0.4) is 0 Å². The second-order valence-electron chi connectivity index (χ2n) is 16.5. The smallest absolute Gasteiger partial charge is 0.319 e. The number of ether oxygens (including phenoxy) is 1. The number of nitrogens with one attached hydrogen (secondary N) is 2. The molecule has 2 amide bonds. The summed E-state index contributed by atoms with van der Waals surface area (Å²) in [5.74, 6) is 1.42. The fourth-order valence-corrected chi connectivity index (χ4v) is 14.0. The number of amides is 2. The van der Waals surface area contributed by atoms with Crippen molar-refractivity contribution in [2.45, 2.75) is 107 Å². The average molecular weight is 828 g/mol. The summed E-state index contributed by atoms with van der Waals surface area (Å²) >= 11 is 0. The summed E-state index contributed by atoms with van der Waals surface area (Å²) in [7, 11) is -6.24. The van der Waals surface area contributed by atoms with Crippen LogP contribution in [0.1, 0.15) is 84.6 Å². The Morgan fingerprint density at radius 3 is 1.95 bits per heavy atom. The lowest BCUT2D eigenvalue weighted by atomic mass is 10.1. The number of benzene rings is 4. The molecule has 0 saturated carbocycles. The molecule has 1 saturated heterocycles. The summed E-state index contributed by atoms with van der Waals surface area (Å²) in [6.07, 6.45) is 7.87. The number of piperidine rings is 1. The maximum atomic E-state index is 13.4. The number of urea groups is 1. The molecule has 9 nitrogen and oxygen atoms in total. The van der Waals surface area contributed by atoms with Crippen molar-refractivity contribution in [3.05, 3.63) is 115 Å². The minimum atomic E-state index is -3.49. The number of aliphatic hydroxyl groups excluding tert-OH is 1. The molecule has 0 radical (unpaired) electrons. The highest BCUT2D eigenvalue weighted by Crippen LogP contribution is 2.38. The minimum absolute atomic E-state index is 0.0917. The van der Waals surface area contributed by atoms with Crippen LogP contribution in [-0.4, -0.2) is 83.5 Å². The zero-order valence-corrected chi connectivity index (χ0v) is 36.8. The Kier molecular flexibility index (Phi) is 16.8. The maximum Gasteiger partial charge on any atom is 0.319 e. The monoisotopic (exact) mass is 827 g/mol. The number of rotatable bonds is 21. The van der Waals surface area contributed by atoms with E-state index >= 15 is 0 Å². The molecule has 1 heterocycles. The molecule has 1 aliphatic rings. The Morgan fingerprint density at radius 2 is 1.36 bits per heavy atom. The Labute approximate surface area is 348 Å². The second-order valence-corrected chi connectivity index (χ2v) is 23.0. The third-order valence-electron chi connectivity index (χ3n) is 11.2. The van der Waals surface area contributed by atoms with Gasteiger partial charge in [0.1, 0.15) is 24.2 Å². The zero-order valence-electron chi connectivity index (χ0n) is 35.0. The number of hydrogen-bond donors (Lipinski definition) is 3. The first-order chi connectivity index (χ1) is 27.9. The molecule has 0 aliphatic carbocycles. The first kappa shape index (κ1) is 44.9. The van der Waals surface area contributed by atoms with Crippen molar-refractivity contribution in [1.29, 1.82) is 0 Å². The number of aliphatic hydroxyl groups is 1. The van der Waals surface area contributed by atoms with E-state index in [9.17, 15) is 18.3 Å². The SMILES string of the molecule is CCCCCCCCNC(=O)N1CCC(S(=O)(=O)c2ccc(CCNC[C@H](O)COc3ccc(O[Si](c4ccccc4)(c4ccccc4)C(C)(C)C)cc3)cc2)CC1. The van der Waals surface area contributed by atoms with Gasteiger partial charge >= 0.3 is 14.3 Å². The summed E-state index contributed by atoms with van der Waals surface area (Å²) in [4.78, 5) is 14.7. The molecule has 0 bridgehead atoms. The highest BCUT2D eigenvalue weighted by molar-refractivity contribution is 7.92. The summed E-state index contributed by atoms with van der Waals surface area (Å²) in [6.45, 7) is 11.6. The lowest BCUT2D eigenvalue weighted by molar-refractivity contribution is 0.106. The van der Waals surface area contributed by atoms with E-state index in [1.165, 1.54) is 36.1 Å². The summed E-state index contributed by atoms with van der Waals surface area (Å²) in [5, 5.41) is 18.7. The lowest BCUT2D eigenvalue weighted by Gasteiger charge is -2.43. The normalized spacial score (nSPS) is 14.5. The molecule has 4 aromatic carbocycles. The Morgan fingerprint density at radius 1 is 0.793 bits per heavy atom. The van der Waals surface area contributed by atoms with E-state index in [1.54, 1.807) is 17.0 Å². The van der Waals surface area contributed by atoms with Crippen LogP contribution >= 0.6 is 0 Å². The fourth-order valence-electron chi connectivity index (χ4n) is 7.80. The molecule has 4 aromatic rings. The third kappa shape index (κ3) is 12.2. The van der Waals surface area contributed by atoms with Crippen LogP contribution in [0.4, 0.5) is 4.79 Å². The van der Waals surface area contributed by atoms with Crippen LogP contribution in [0.25, 0.3) is 0 Å². The van der Waals surface area contributed by atoms with E-state index in [0.717, 1.165) is 24.2 Å². The van der Waals surface area contributed by atoms with Gasteiger partial charge in [0.25, 0.3) is 0 Å². The van der Waals surface area contributed by atoms with E-state index in [4.69, 9.17) is 9.16 Å². The van der Waals surface area contributed by atoms with Crippen molar-refractivity contribution < 1.29 is 27.5 Å². The molecule has 58 heavy (non-hydrogen) atoms. The summed E-state index contributed by atoms with van der Waals surface area (Å²) < 4.78 is 39.9. The number of likely N-dealkylation sites (tertiary alicyclic amines) is 1. The summed E-state index contributed by atoms with van der Waals surface area (Å²) in [5.41, 5.74) is 1.01. The standard InChI is InChI=1S/C47H65N3O6SSi/c1-5-6-7-8-9-16-32-49-46(52)50-34-30-43(31-35-50)57(53,54)42-27-21-38(22-28-42)29-33-48-36-39(51)37-55-40-23-25-41(26-24-40)56-58(47(2,3)4,44-17-12-10-13-18-44)45-19-14-11-15-20-45/h10-15,17-28,39,43,48,51H,5-9,16,29-37H2,1-4H3,(H,49,52)/t39-/m0/s1. The van der Waals surface area contributed by atoms with Crippen molar-refractivity contribution >= 4 is 34.6 Å². The molecule has 0 unspecified atom stereocenters. The molecule has 5 rings (SSSR count). The highest BCUT2D eigenvalue weighted by atomic mass is 32.2. The number of nitrogens with zero attached hydrogens (tertiary/aromatic N) is 1. The van der Waals surface area contributed by atoms with Crippen molar-refractivity contribution in [2.24, 2.45) is 0 Å². The molecule has 314 valence electrons. The van der Waals surface area contributed by atoms with E-state index in [2.05, 4.69) is 86.9 Å². The first-order valence-electron chi connectivity index (χ1n) is 21.2. The predicted molar refractivity (Wildman–Crippen MR) is 238 cm³/mol. The number of sulfone groups is 1. The Hall–Kier alpha value is -4.16. The Balaban J connectivity index is 1.02. The van der Waals surface area contributed by atoms with E-state index in [1.807, 2.05) is 48.5 Å². The van der Waals surface area contributed by atoms with Crippen LogP contribution in [-0.2, 0) is 16.3 Å². The van der Waals surface area contributed by atoms with Crippen molar-refractivity contribution in [1.82, 2.24) is 15.5 Å². The second kappa shape index (κ2) is 21.7. The Bertz CT molecular complexity index is 1880. The van der Waals surface area contributed by atoms with E-state index < -0.39 is 29.5 Å². The number of carbonyl (C=O) groups is 1. The molecule has 1 aliphatic heterocycles. The fraction of sp³-hybridized carbons (Fsp3) is 0.468.